The molecular formula is C19H27B6ClF2N4O. The van der Waals surface area contributed by atoms with E-state index in [4.69, 9.17) is 11.6 Å². The number of rotatable bonds is 5. The zero-order chi connectivity index (χ0) is 24.8. The van der Waals surface area contributed by atoms with Gasteiger partial charge in [0.25, 0.3) is 5.91 Å². The molecule has 1 fully saturated rings. The maximum Gasteiger partial charge on any atom is 0.252 e. The van der Waals surface area contributed by atoms with Gasteiger partial charge < -0.3 is 10.2 Å². The van der Waals surface area contributed by atoms with Gasteiger partial charge in [-0.05, 0) is 59.5 Å². The smallest absolute Gasteiger partial charge is 0.252 e. The molecule has 0 aliphatic carbocycles. The van der Waals surface area contributed by atoms with E-state index >= 15 is 4.39 Å². The predicted octanol–water partition coefficient (Wildman–Crippen LogP) is -2.93. The van der Waals surface area contributed by atoms with Crippen molar-refractivity contribution < 1.29 is 13.6 Å². The summed E-state index contributed by atoms with van der Waals surface area (Å²) in [4.78, 5) is 23.8. The molecule has 0 atom stereocenters. The van der Waals surface area contributed by atoms with Gasteiger partial charge in [-0.25, -0.2) is 18.7 Å². The van der Waals surface area contributed by atoms with Gasteiger partial charge in [-0.15, -0.1) is 0 Å². The normalized spacial score (nSPS) is 19.2. The number of benzene rings is 1. The fourth-order valence-electron chi connectivity index (χ4n) is 5.13. The van der Waals surface area contributed by atoms with Gasteiger partial charge in [0.2, 0.25) is 0 Å². The average molecular weight is 466 g/mol. The summed E-state index contributed by atoms with van der Waals surface area (Å²) in [7, 11) is 11.1. The van der Waals surface area contributed by atoms with Gasteiger partial charge in [-0.2, -0.15) is 0 Å². The van der Waals surface area contributed by atoms with Crippen LogP contribution in [-0.4, -0.2) is 89.5 Å². The van der Waals surface area contributed by atoms with Crippen LogP contribution in [0.4, 0.5) is 8.78 Å². The highest BCUT2D eigenvalue weighted by Gasteiger charge is 2.58. The van der Waals surface area contributed by atoms with Gasteiger partial charge in [0.1, 0.15) is 64.4 Å². The highest BCUT2D eigenvalue weighted by molar-refractivity contribution is 6.47. The summed E-state index contributed by atoms with van der Waals surface area (Å²) in [6, 6.07) is 3.93. The number of carbonyl (C=O) groups is 1. The molecule has 1 aromatic carbocycles. The third kappa shape index (κ3) is 5.19. The van der Waals surface area contributed by atoms with Crippen LogP contribution in [0.5, 0.6) is 0 Å². The fraction of sp³-hybridized carbons (Fsp3) is 0.421. The lowest BCUT2D eigenvalue weighted by Crippen LogP contribution is -2.77. The first-order valence-electron chi connectivity index (χ1n) is 11.1. The molecule has 1 N–H and O–H groups in total. The summed E-state index contributed by atoms with van der Waals surface area (Å²) in [5, 5.41) is 0.657. The Hall–Kier alpha value is -1.73. The highest BCUT2D eigenvalue weighted by atomic mass is 35.5. The maximum atomic E-state index is 16.8. The van der Waals surface area contributed by atoms with Gasteiger partial charge in [0.15, 0.2) is 0 Å². The van der Waals surface area contributed by atoms with Crippen LogP contribution >= 0.6 is 11.6 Å². The summed E-state index contributed by atoms with van der Waals surface area (Å²) in [6.45, 7) is 2.24. The van der Waals surface area contributed by atoms with E-state index in [2.05, 4.69) is 15.3 Å². The standard InChI is InChI=1S/C19H27B6ClF2N4O/c1-10-5-29-14(30-6-10)7-31-19(24,25)16(28)8-17(20,21)32(18(22,23)9-16)15(33)11-2-3-13(27)12(26)4-11/h2-6,31H,7-9,20-25H2,1H3. The zero-order valence-electron chi connectivity index (χ0n) is 20.4. The Morgan fingerprint density at radius 2 is 1.73 bits per heavy atom. The Balaban J connectivity index is 1.86. The minimum atomic E-state index is -1.62. The molecule has 2 aromatic rings. The molecule has 1 saturated heterocycles. The molecule has 5 nitrogen and oxygen atoms in total. The first-order chi connectivity index (χ1) is 15.1. The number of likely N-dealkylation sites (tertiary alicyclic amines) is 1. The maximum absolute atomic E-state index is 16.8. The largest absolute Gasteiger partial charge is 0.359 e. The quantitative estimate of drug-likeness (QED) is 0.481. The van der Waals surface area contributed by atoms with Crippen molar-refractivity contribution in [1.82, 2.24) is 20.2 Å². The molecule has 0 saturated carbocycles. The number of nitrogens with zero attached hydrogens (tertiary/aromatic N) is 3. The van der Waals surface area contributed by atoms with Crippen LogP contribution in [0, 0.1) is 12.7 Å². The molecule has 1 aromatic heterocycles. The zero-order valence-corrected chi connectivity index (χ0v) is 21.1. The van der Waals surface area contributed by atoms with Crippen molar-refractivity contribution in [3.8, 4) is 0 Å². The lowest BCUT2D eigenvalue weighted by atomic mass is 9.38. The second kappa shape index (κ2) is 8.80. The summed E-state index contributed by atoms with van der Waals surface area (Å²) < 4.78 is 30.4. The van der Waals surface area contributed by atoms with E-state index in [9.17, 15) is 9.18 Å². The number of hydrogen-bond donors (Lipinski definition) is 1. The van der Waals surface area contributed by atoms with Gasteiger partial charge in [-0.1, -0.05) is 11.6 Å². The summed E-state index contributed by atoms with van der Waals surface area (Å²) in [5.41, 5.74) is -0.382. The Morgan fingerprint density at radius 1 is 1.18 bits per heavy atom. The van der Waals surface area contributed by atoms with Crippen molar-refractivity contribution in [3.63, 3.8) is 0 Å². The van der Waals surface area contributed by atoms with Crippen molar-refractivity contribution in [2.45, 2.75) is 48.0 Å². The fourth-order valence-corrected chi connectivity index (χ4v) is 5.31. The van der Waals surface area contributed by atoms with Crippen molar-refractivity contribution in [2.24, 2.45) is 0 Å². The molecule has 1 amide bonds. The minimum Gasteiger partial charge on any atom is -0.359 e. The molecular weight excluding hydrogens is 439 g/mol. The number of alkyl halides is 1. The first kappa shape index (κ1) is 25.9. The highest BCUT2D eigenvalue weighted by Crippen LogP contribution is 2.45. The van der Waals surface area contributed by atoms with Crippen LogP contribution in [0.25, 0.3) is 0 Å². The number of amides is 1. The van der Waals surface area contributed by atoms with E-state index < -0.39 is 27.5 Å². The SMILES string of the molecule is BC1(B)CC(F)(C(B)(B)NCc2ncc(C)cn2)CC(B)(B)N1C(=O)c1ccc(F)c(Cl)c1. The van der Waals surface area contributed by atoms with Crippen molar-refractivity contribution in [3.05, 3.63) is 58.4 Å². The minimum absolute atomic E-state index is 0.114. The van der Waals surface area contributed by atoms with Gasteiger partial charge >= 0.3 is 0 Å². The number of aryl methyl sites for hydroxylation is 1. The van der Waals surface area contributed by atoms with Crippen LogP contribution in [0.1, 0.15) is 34.6 Å². The van der Waals surface area contributed by atoms with Crippen LogP contribution in [-0.2, 0) is 6.54 Å². The van der Waals surface area contributed by atoms with Crippen molar-refractivity contribution in [1.29, 1.82) is 0 Å². The van der Waals surface area contributed by atoms with E-state index in [0.29, 0.717) is 12.4 Å². The van der Waals surface area contributed by atoms with Crippen LogP contribution < -0.4 is 5.32 Å². The van der Waals surface area contributed by atoms with Gasteiger partial charge in [0.05, 0.1) is 11.6 Å². The van der Waals surface area contributed by atoms with Crippen LogP contribution in [0.3, 0.4) is 0 Å². The van der Waals surface area contributed by atoms with E-state index in [1.807, 2.05) is 54.0 Å². The number of piperidine rings is 1. The second-order valence-electron chi connectivity index (χ2n) is 10.9. The third-order valence-electron chi connectivity index (χ3n) is 6.65. The first-order valence-corrected chi connectivity index (χ1v) is 11.5. The molecule has 3 rings (SSSR count). The molecule has 0 spiro atoms. The Labute approximate surface area is 204 Å². The average Bonchev–Trinajstić information content (AvgIpc) is 2.67. The van der Waals surface area contributed by atoms with E-state index in [-0.39, 0.29) is 29.3 Å². The molecule has 0 bridgehead atoms. The number of aromatic nitrogens is 2. The molecule has 0 unspecified atom stereocenters. The Kier molecular flexibility index (Phi) is 6.91. The number of halogens is 3. The summed E-state index contributed by atoms with van der Waals surface area (Å²) in [6.07, 6.45) is 3.72. The molecule has 1 aliphatic rings. The summed E-state index contributed by atoms with van der Waals surface area (Å²) in [5.74, 6) is -0.289. The topological polar surface area (TPSA) is 58.1 Å². The van der Waals surface area contributed by atoms with E-state index in [0.717, 1.165) is 5.56 Å². The predicted molar refractivity (Wildman–Crippen MR) is 144 cm³/mol. The monoisotopic (exact) mass is 466 g/mol. The van der Waals surface area contributed by atoms with Gasteiger partial charge in [0, 0.05) is 18.0 Å². The van der Waals surface area contributed by atoms with Crippen molar-refractivity contribution >= 4 is 64.6 Å². The van der Waals surface area contributed by atoms with E-state index in [1.165, 1.54) is 18.2 Å². The van der Waals surface area contributed by atoms with E-state index in [1.54, 1.807) is 17.3 Å². The summed E-state index contributed by atoms with van der Waals surface area (Å²) >= 11 is 5.91. The Morgan fingerprint density at radius 3 is 2.24 bits per heavy atom. The molecule has 14 heteroatoms. The molecule has 1 aliphatic heterocycles. The number of nitrogens with one attached hydrogen (secondary N) is 1. The van der Waals surface area contributed by atoms with Crippen LogP contribution in [0.2, 0.25) is 5.02 Å². The number of hydrogen-bond acceptors (Lipinski definition) is 4. The molecule has 0 radical (unpaired) electrons. The van der Waals surface area contributed by atoms with Crippen molar-refractivity contribution in [2.75, 3.05) is 0 Å². The molecule has 2 heterocycles. The van der Waals surface area contributed by atoms with Crippen LogP contribution in [0.15, 0.2) is 30.6 Å². The lowest BCUT2D eigenvalue weighted by Gasteiger charge is -2.61. The number of carbonyl (C=O) groups excluding carboxylic acids is 1. The van der Waals surface area contributed by atoms with Gasteiger partial charge in [-0.3, -0.25) is 4.79 Å². The second-order valence-corrected chi connectivity index (χ2v) is 11.3. The molecule has 33 heavy (non-hydrogen) atoms. The third-order valence-corrected chi connectivity index (χ3v) is 6.94. The molecule has 168 valence electrons. The lowest BCUT2D eigenvalue weighted by molar-refractivity contribution is -0.0101. The Bertz CT molecular complexity index is 1040.